The van der Waals surface area contributed by atoms with E-state index in [0.29, 0.717) is 18.1 Å². The zero-order chi connectivity index (χ0) is 6.32. The molecule has 0 radical (unpaired) electrons. The minimum absolute atomic E-state index is 0.370. The van der Waals surface area contributed by atoms with Crippen LogP contribution in [0.1, 0.15) is 19.3 Å². The smallest absolute Gasteiger partial charge is 0.0472 e. The van der Waals surface area contributed by atoms with Gasteiger partial charge in [-0.15, -0.1) is 0 Å². The van der Waals surface area contributed by atoms with Crippen LogP contribution in [0.15, 0.2) is 0 Å². The molecular weight excluding hydrogens is 114 g/mol. The average molecular weight is 127 g/mol. The van der Waals surface area contributed by atoms with Crippen molar-refractivity contribution in [1.82, 2.24) is 5.32 Å². The maximum Gasteiger partial charge on any atom is 0.0472 e. The van der Waals surface area contributed by atoms with Crippen LogP contribution in [0.5, 0.6) is 0 Å². The minimum Gasteiger partial charge on any atom is -0.396 e. The Labute approximate surface area is 55.3 Å². The van der Waals surface area contributed by atoms with Crippen molar-refractivity contribution in [3.05, 3.63) is 0 Å². The van der Waals surface area contributed by atoms with E-state index in [1.165, 1.54) is 19.3 Å². The van der Waals surface area contributed by atoms with Crippen LogP contribution in [0.3, 0.4) is 0 Å². The summed E-state index contributed by atoms with van der Waals surface area (Å²) in [6, 6.07) is 0. The lowest BCUT2D eigenvalue weighted by Crippen LogP contribution is -2.22. The summed E-state index contributed by atoms with van der Waals surface area (Å²) in [5.41, 5.74) is 0.507. The zero-order valence-electron chi connectivity index (χ0n) is 5.56. The summed E-state index contributed by atoms with van der Waals surface area (Å²) < 4.78 is 0. The first-order chi connectivity index (χ1) is 4.35. The fraction of sp³-hybridized carbons (Fsp3) is 1.00. The van der Waals surface area contributed by atoms with Crippen molar-refractivity contribution >= 4 is 0 Å². The quantitative estimate of drug-likeness (QED) is 0.524. The lowest BCUT2D eigenvalue weighted by molar-refractivity contribution is 0.235. The van der Waals surface area contributed by atoms with Gasteiger partial charge in [0.1, 0.15) is 0 Å². The highest BCUT2D eigenvalue weighted by Gasteiger charge is 2.47. The monoisotopic (exact) mass is 127 g/mol. The fourth-order valence-electron chi connectivity index (χ4n) is 1.72. The van der Waals surface area contributed by atoms with E-state index >= 15 is 0 Å². The highest BCUT2D eigenvalue weighted by Crippen LogP contribution is 2.44. The fourth-order valence-corrected chi connectivity index (χ4v) is 1.72. The van der Waals surface area contributed by atoms with E-state index in [4.69, 9.17) is 5.11 Å². The number of aliphatic hydroxyl groups is 1. The Morgan fingerprint density at radius 2 is 2.33 bits per heavy atom. The maximum absolute atomic E-state index is 8.79. The summed E-state index contributed by atoms with van der Waals surface area (Å²) in [5.74, 6) is 0.549. The van der Waals surface area contributed by atoms with Gasteiger partial charge in [0.2, 0.25) is 0 Å². The third-order valence-corrected chi connectivity index (χ3v) is 2.56. The molecule has 1 heterocycles. The van der Waals surface area contributed by atoms with Gasteiger partial charge in [-0.2, -0.15) is 0 Å². The summed E-state index contributed by atoms with van der Waals surface area (Å²) in [5, 5.41) is 12.2. The first-order valence-electron chi connectivity index (χ1n) is 3.71. The van der Waals surface area contributed by atoms with Gasteiger partial charge in [0.15, 0.2) is 0 Å². The lowest BCUT2D eigenvalue weighted by Gasteiger charge is -2.03. The van der Waals surface area contributed by atoms with Crippen molar-refractivity contribution in [2.45, 2.75) is 24.8 Å². The summed E-state index contributed by atoms with van der Waals surface area (Å²) >= 11 is 0. The molecule has 52 valence electrons. The van der Waals surface area contributed by atoms with Gasteiger partial charge in [0.25, 0.3) is 0 Å². The van der Waals surface area contributed by atoms with Crippen LogP contribution in [0.4, 0.5) is 0 Å². The Kier molecular flexibility index (Phi) is 1.08. The molecule has 2 aliphatic rings. The first-order valence-corrected chi connectivity index (χ1v) is 3.71. The van der Waals surface area contributed by atoms with E-state index in [9.17, 15) is 0 Å². The first kappa shape index (κ1) is 5.69. The molecular formula is C7H13NO. The van der Waals surface area contributed by atoms with Crippen molar-refractivity contribution in [3.63, 3.8) is 0 Å². The molecule has 0 bridgehead atoms. The second-order valence-corrected chi connectivity index (χ2v) is 3.41. The van der Waals surface area contributed by atoms with Crippen LogP contribution in [-0.2, 0) is 0 Å². The van der Waals surface area contributed by atoms with Gasteiger partial charge < -0.3 is 10.4 Å². The number of hydrogen-bond donors (Lipinski definition) is 2. The lowest BCUT2D eigenvalue weighted by atomic mass is 10.1. The molecule has 0 aromatic carbocycles. The third kappa shape index (κ3) is 0.864. The van der Waals surface area contributed by atoms with Crippen molar-refractivity contribution in [2.24, 2.45) is 5.92 Å². The second kappa shape index (κ2) is 1.70. The Morgan fingerprint density at radius 3 is 2.67 bits per heavy atom. The summed E-state index contributed by atoms with van der Waals surface area (Å²) in [6.07, 6.45) is 3.89. The summed E-state index contributed by atoms with van der Waals surface area (Å²) in [6.45, 7) is 1.41. The molecule has 2 rings (SSSR count). The largest absolute Gasteiger partial charge is 0.396 e. The topological polar surface area (TPSA) is 32.3 Å². The van der Waals surface area contributed by atoms with E-state index in [1.807, 2.05) is 0 Å². The van der Waals surface area contributed by atoms with Gasteiger partial charge >= 0.3 is 0 Å². The van der Waals surface area contributed by atoms with Gasteiger partial charge in [0, 0.05) is 18.7 Å². The van der Waals surface area contributed by atoms with Crippen molar-refractivity contribution in [2.75, 3.05) is 13.2 Å². The molecule has 1 unspecified atom stereocenters. The molecule has 0 amide bonds. The molecule has 1 saturated carbocycles. The predicted molar refractivity (Wildman–Crippen MR) is 35.2 cm³/mol. The second-order valence-electron chi connectivity index (χ2n) is 3.41. The summed E-state index contributed by atoms with van der Waals surface area (Å²) in [4.78, 5) is 0. The van der Waals surface area contributed by atoms with Crippen LogP contribution in [-0.4, -0.2) is 23.8 Å². The normalized spacial score (nSPS) is 37.7. The van der Waals surface area contributed by atoms with Crippen LogP contribution >= 0.6 is 0 Å². The molecule has 0 aromatic heterocycles. The molecule has 1 saturated heterocycles. The number of nitrogens with one attached hydrogen (secondary N) is 1. The molecule has 1 aliphatic carbocycles. The van der Waals surface area contributed by atoms with Crippen LogP contribution in [0, 0.1) is 5.92 Å². The number of hydrogen-bond acceptors (Lipinski definition) is 2. The van der Waals surface area contributed by atoms with Gasteiger partial charge in [-0.05, 0) is 25.2 Å². The van der Waals surface area contributed by atoms with E-state index < -0.39 is 0 Å². The van der Waals surface area contributed by atoms with Gasteiger partial charge in [0.05, 0.1) is 0 Å². The molecule has 0 aromatic rings. The molecule has 9 heavy (non-hydrogen) atoms. The van der Waals surface area contributed by atoms with Crippen molar-refractivity contribution in [3.8, 4) is 0 Å². The van der Waals surface area contributed by atoms with Crippen LogP contribution < -0.4 is 5.32 Å². The molecule has 1 spiro atoms. The van der Waals surface area contributed by atoms with E-state index in [-0.39, 0.29) is 0 Å². The van der Waals surface area contributed by atoms with Crippen molar-refractivity contribution in [1.29, 1.82) is 0 Å². The zero-order valence-corrected chi connectivity index (χ0v) is 5.56. The average Bonchev–Trinajstić information content (AvgIpc) is 2.44. The number of rotatable bonds is 1. The Hall–Kier alpha value is -0.0800. The molecule has 2 nitrogen and oxygen atoms in total. The van der Waals surface area contributed by atoms with Gasteiger partial charge in [-0.3, -0.25) is 0 Å². The molecule has 2 fully saturated rings. The van der Waals surface area contributed by atoms with E-state index in [2.05, 4.69) is 5.32 Å². The highest BCUT2D eigenvalue weighted by molar-refractivity contribution is 5.07. The van der Waals surface area contributed by atoms with Gasteiger partial charge in [-0.25, -0.2) is 0 Å². The third-order valence-electron chi connectivity index (χ3n) is 2.56. The maximum atomic E-state index is 8.79. The Balaban J connectivity index is 1.93. The Bertz CT molecular complexity index is 120. The molecule has 2 N–H and O–H groups in total. The highest BCUT2D eigenvalue weighted by atomic mass is 16.3. The SMILES string of the molecule is OCC1CNC2(CC2)C1. The number of aliphatic hydroxyl groups excluding tert-OH is 1. The molecule has 1 aliphatic heterocycles. The Morgan fingerprint density at radius 1 is 1.56 bits per heavy atom. The summed E-state index contributed by atoms with van der Waals surface area (Å²) in [7, 11) is 0. The standard InChI is InChI=1S/C7H13NO/c9-5-6-3-7(1-2-7)8-4-6/h6,8-9H,1-5H2. The molecule has 2 heteroatoms. The minimum atomic E-state index is 0.370. The van der Waals surface area contributed by atoms with E-state index in [0.717, 1.165) is 6.54 Å². The molecule has 1 atom stereocenters. The van der Waals surface area contributed by atoms with Gasteiger partial charge in [-0.1, -0.05) is 0 Å². The predicted octanol–water partition coefficient (Wildman–Crippen LogP) is 0.121. The van der Waals surface area contributed by atoms with Crippen LogP contribution in [0.25, 0.3) is 0 Å². The van der Waals surface area contributed by atoms with Crippen LogP contribution in [0.2, 0.25) is 0 Å². The van der Waals surface area contributed by atoms with E-state index in [1.54, 1.807) is 0 Å². The van der Waals surface area contributed by atoms with Crippen molar-refractivity contribution < 1.29 is 5.11 Å².